The molecule has 0 N–H and O–H groups in total. The molecule has 0 unspecified atom stereocenters. The Morgan fingerprint density at radius 1 is 1.33 bits per heavy atom. The van der Waals surface area contributed by atoms with Crippen LogP contribution >= 0.6 is 22.9 Å². The Balaban J connectivity index is 1.77. The first-order valence-corrected chi connectivity index (χ1v) is 12.6. The minimum Gasteiger partial charge on any atom is -0.491 e. The predicted molar refractivity (Wildman–Crippen MR) is 132 cm³/mol. The van der Waals surface area contributed by atoms with Gasteiger partial charge < -0.3 is 19.3 Å². The number of amides is 2. The van der Waals surface area contributed by atoms with Gasteiger partial charge in [0, 0.05) is 30.1 Å². The fourth-order valence-corrected chi connectivity index (χ4v) is 5.03. The molecule has 0 saturated heterocycles. The largest absolute Gasteiger partial charge is 0.491 e. The Kier molecular flexibility index (Phi) is 9.18. The molecule has 1 aliphatic heterocycles. The lowest BCUT2D eigenvalue weighted by Crippen LogP contribution is -2.49. The lowest BCUT2D eigenvalue weighted by atomic mass is 10.00. The lowest BCUT2D eigenvalue weighted by Gasteiger charge is -2.37. The van der Waals surface area contributed by atoms with Crippen molar-refractivity contribution in [2.24, 2.45) is 5.92 Å². The molecule has 3 rings (SSSR count). The predicted octanol–water partition coefficient (Wildman–Crippen LogP) is 4.74. The van der Waals surface area contributed by atoms with Crippen LogP contribution in [0.25, 0.3) is 0 Å². The van der Waals surface area contributed by atoms with Crippen molar-refractivity contribution in [1.29, 1.82) is 0 Å². The van der Waals surface area contributed by atoms with Crippen molar-refractivity contribution in [3.05, 3.63) is 50.7 Å². The van der Waals surface area contributed by atoms with E-state index in [1.54, 1.807) is 16.2 Å². The summed E-state index contributed by atoms with van der Waals surface area (Å²) in [7, 11) is 1.50. The third-order valence-corrected chi connectivity index (χ3v) is 7.55. The average Bonchev–Trinajstić information content (AvgIpc) is 3.28. The number of methoxy groups -OCH3 is 1. The zero-order chi connectivity index (χ0) is 24.0. The maximum atomic E-state index is 13.5. The third kappa shape index (κ3) is 6.49. The van der Waals surface area contributed by atoms with Crippen LogP contribution < -0.4 is 4.74 Å². The molecule has 2 atom stereocenters. The summed E-state index contributed by atoms with van der Waals surface area (Å²) >= 11 is 7.85. The minimum atomic E-state index is -0.202. The number of benzene rings is 1. The first kappa shape index (κ1) is 25.5. The molecule has 6 nitrogen and oxygen atoms in total. The van der Waals surface area contributed by atoms with Gasteiger partial charge in [-0.1, -0.05) is 31.9 Å². The maximum absolute atomic E-state index is 13.5. The van der Waals surface area contributed by atoms with Gasteiger partial charge in [0.05, 0.1) is 12.6 Å². The van der Waals surface area contributed by atoms with E-state index in [1.807, 2.05) is 30.0 Å². The lowest BCUT2D eigenvalue weighted by molar-refractivity contribution is -0.145. The summed E-state index contributed by atoms with van der Waals surface area (Å²) < 4.78 is 11.2. The van der Waals surface area contributed by atoms with Crippen LogP contribution in [-0.4, -0.2) is 61.6 Å². The van der Waals surface area contributed by atoms with Gasteiger partial charge in [-0.15, -0.1) is 11.3 Å². The van der Waals surface area contributed by atoms with Crippen LogP contribution in [0.5, 0.6) is 5.75 Å². The van der Waals surface area contributed by atoms with Crippen LogP contribution in [0.15, 0.2) is 29.6 Å². The number of ether oxygens (including phenoxy) is 2. The van der Waals surface area contributed by atoms with E-state index in [-0.39, 0.29) is 31.0 Å². The molecule has 0 fully saturated rings. The molecule has 2 amide bonds. The standard InChI is InChI=1S/C25H33ClN2O4S/c1-5-17(2)13-27(25(30)16-31-4)14-24(29)28-10-8-23-20(9-11-33-23)22(28)15-32-19-6-7-21(26)18(3)12-19/h6-7,9,11-12,17,22H,5,8,10,13-16H2,1-4H3/t17-,22-/m1/s1. The molecule has 0 aliphatic carbocycles. The SMILES string of the molecule is CC[C@@H](C)CN(CC(=O)N1CCc2sccc2[C@H]1COc1ccc(Cl)c(C)c1)C(=O)COC. The summed E-state index contributed by atoms with van der Waals surface area (Å²) in [6.07, 6.45) is 1.75. The van der Waals surface area contributed by atoms with Gasteiger partial charge in [0.15, 0.2) is 0 Å². The van der Waals surface area contributed by atoms with Gasteiger partial charge in [0.25, 0.3) is 0 Å². The van der Waals surface area contributed by atoms with Crippen molar-refractivity contribution in [2.45, 2.75) is 39.7 Å². The molecular weight excluding hydrogens is 460 g/mol. The molecule has 0 bridgehead atoms. The van der Waals surface area contributed by atoms with Gasteiger partial charge in [0.2, 0.25) is 11.8 Å². The molecule has 0 spiro atoms. The van der Waals surface area contributed by atoms with E-state index in [4.69, 9.17) is 21.1 Å². The van der Waals surface area contributed by atoms with E-state index in [2.05, 4.69) is 25.3 Å². The molecule has 0 saturated carbocycles. The highest BCUT2D eigenvalue weighted by Crippen LogP contribution is 2.34. The second-order valence-corrected chi connectivity index (χ2v) is 10.0. The van der Waals surface area contributed by atoms with Gasteiger partial charge in [-0.2, -0.15) is 0 Å². The highest BCUT2D eigenvalue weighted by atomic mass is 35.5. The van der Waals surface area contributed by atoms with E-state index >= 15 is 0 Å². The number of carbonyl (C=O) groups is 2. The zero-order valence-corrected chi connectivity index (χ0v) is 21.4. The number of rotatable bonds is 10. The quantitative estimate of drug-likeness (QED) is 0.481. The fraction of sp³-hybridized carbons (Fsp3) is 0.520. The van der Waals surface area contributed by atoms with Crippen LogP contribution in [0.4, 0.5) is 0 Å². The van der Waals surface area contributed by atoms with E-state index in [1.165, 1.54) is 12.0 Å². The van der Waals surface area contributed by atoms with E-state index < -0.39 is 0 Å². The number of fused-ring (bicyclic) bond motifs is 1. The normalized spacial score (nSPS) is 16.3. The molecule has 180 valence electrons. The van der Waals surface area contributed by atoms with Crippen molar-refractivity contribution < 1.29 is 19.1 Å². The first-order chi connectivity index (χ1) is 15.8. The van der Waals surface area contributed by atoms with Gasteiger partial charge in [0.1, 0.15) is 19.0 Å². The van der Waals surface area contributed by atoms with Gasteiger partial charge in [-0.05, 0) is 60.0 Å². The number of thiophene rings is 1. The second kappa shape index (κ2) is 11.9. The third-order valence-electron chi connectivity index (χ3n) is 6.13. The summed E-state index contributed by atoms with van der Waals surface area (Å²) in [6.45, 7) is 7.60. The van der Waals surface area contributed by atoms with Crippen molar-refractivity contribution >= 4 is 34.8 Å². The molecule has 33 heavy (non-hydrogen) atoms. The van der Waals surface area contributed by atoms with Crippen molar-refractivity contribution in [1.82, 2.24) is 9.80 Å². The topological polar surface area (TPSA) is 59.1 Å². The highest BCUT2D eigenvalue weighted by Gasteiger charge is 2.33. The molecule has 2 aromatic rings. The monoisotopic (exact) mass is 492 g/mol. The Bertz CT molecular complexity index is 964. The van der Waals surface area contributed by atoms with Crippen molar-refractivity contribution in [3.63, 3.8) is 0 Å². The van der Waals surface area contributed by atoms with E-state index in [0.717, 1.165) is 29.7 Å². The van der Waals surface area contributed by atoms with Crippen LogP contribution in [0.2, 0.25) is 5.02 Å². The average molecular weight is 493 g/mol. The number of aryl methyl sites for hydroxylation is 1. The van der Waals surface area contributed by atoms with E-state index in [9.17, 15) is 9.59 Å². The molecule has 2 heterocycles. The summed E-state index contributed by atoms with van der Waals surface area (Å²) in [6, 6.07) is 7.44. The number of hydrogen-bond acceptors (Lipinski definition) is 5. The molecule has 1 aromatic carbocycles. The Morgan fingerprint density at radius 2 is 2.12 bits per heavy atom. The van der Waals surface area contributed by atoms with Gasteiger partial charge >= 0.3 is 0 Å². The Hall–Kier alpha value is -2.09. The molecular formula is C25H33ClN2O4S. The number of hydrogen-bond donors (Lipinski definition) is 0. The highest BCUT2D eigenvalue weighted by molar-refractivity contribution is 7.10. The minimum absolute atomic E-state index is 0.0269. The summed E-state index contributed by atoms with van der Waals surface area (Å²) in [5, 5.41) is 2.76. The second-order valence-electron chi connectivity index (χ2n) is 8.59. The van der Waals surface area contributed by atoms with Crippen LogP contribution in [0.3, 0.4) is 0 Å². The van der Waals surface area contributed by atoms with Crippen LogP contribution in [-0.2, 0) is 20.7 Å². The molecule has 0 radical (unpaired) electrons. The summed E-state index contributed by atoms with van der Waals surface area (Å²) in [4.78, 5) is 30.9. The summed E-state index contributed by atoms with van der Waals surface area (Å²) in [5.41, 5.74) is 2.07. The van der Waals surface area contributed by atoms with Gasteiger partial charge in [-0.3, -0.25) is 9.59 Å². The molecule has 8 heteroatoms. The van der Waals surface area contributed by atoms with Crippen molar-refractivity contribution in [3.8, 4) is 5.75 Å². The molecule has 1 aromatic heterocycles. The summed E-state index contributed by atoms with van der Waals surface area (Å²) in [5.74, 6) is 0.792. The fourth-order valence-electron chi connectivity index (χ4n) is 3.99. The zero-order valence-electron chi connectivity index (χ0n) is 19.8. The van der Waals surface area contributed by atoms with E-state index in [0.29, 0.717) is 30.6 Å². The number of halogens is 1. The molecule has 1 aliphatic rings. The smallest absolute Gasteiger partial charge is 0.249 e. The number of carbonyl (C=O) groups excluding carboxylic acids is 2. The van der Waals surface area contributed by atoms with Crippen molar-refractivity contribution in [2.75, 3.05) is 40.0 Å². The first-order valence-electron chi connectivity index (χ1n) is 11.3. The number of nitrogens with zero attached hydrogens (tertiary/aromatic N) is 2. The Labute approximate surface area is 205 Å². The Morgan fingerprint density at radius 3 is 2.82 bits per heavy atom. The maximum Gasteiger partial charge on any atom is 0.249 e. The van der Waals surface area contributed by atoms with Crippen LogP contribution in [0.1, 0.15) is 42.3 Å². The van der Waals surface area contributed by atoms with Crippen LogP contribution in [0, 0.1) is 12.8 Å². The van der Waals surface area contributed by atoms with Gasteiger partial charge in [-0.25, -0.2) is 0 Å².